The van der Waals surface area contributed by atoms with Crippen LogP contribution in [0, 0.1) is 12.7 Å². The minimum atomic E-state index is -4.64. The second kappa shape index (κ2) is 4.81. The smallest absolute Gasteiger partial charge is 0.433 e. The summed E-state index contributed by atoms with van der Waals surface area (Å²) in [6.45, 7) is 3.13. The van der Waals surface area contributed by atoms with Crippen LogP contribution >= 0.6 is 0 Å². The lowest BCUT2D eigenvalue weighted by Gasteiger charge is -2.14. The number of rotatable bonds is 2. The summed E-state index contributed by atoms with van der Waals surface area (Å²) in [7, 11) is 0. The van der Waals surface area contributed by atoms with Crippen molar-refractivity contribution in [2.45, 2.75) is 20.0 Å². The largest absolute Gasteiger partial charge is 0.491 e. The molecule has 108 valence electrons. The summed E-state index contributed by atoms with van der Waals surface area (Å²) >= 11 is 0. The van der Waals surface area contributed by atoms with Gasteiger partial charge in [-0.05, 0) is 19.9 Å². The van der Waals surface area contributed by atoms with Crippen LogP contribution in [0.1, 0.15) is 18.2 Å². The summed E-state index contributed by atoms with van der Waals surface area (Å²) in [6.07, 6.45) is -4.64. The number of fused-ring (bicyclic) bond motifs is 1. The van der Waals surface area contributed by atoms with Gasteiger partial charge in [-0.2, -0.15) is 13.2 Å². The summed E-state index contributed by atoms with van der Waals surface area (Å²) in [5.41, 5.74) is 4.19. The number of ether oxygens (including phenoxy) is 1. The Hall–Kier alpha value is -2.05. The molecule has 0 radical (unpaired) electrons. The lowest BCUT2D eigenvalue weighted by atomic mass is 10.1. The quantitative estimate of drug-likeness (QED) is 0.857. The van der Waals surface area contributed by atoms with Crippen molar-refractivity contribution in [3.05, 3.63) is 29.2 Å². The van der Waals surface area contributed by atoms with Gasteiger partial charge in [0.05, 0.1) is 12.1 Å². The average Bonchev–Trinajstić information content (AvgIpc) is 2.34. The van der Waals surface area contributed by atoms with Crippen molar-refractivity contribution in [3.8, 4) is 5.75 Å². The van der Waals surface area contributed by atoms with Gasteiger partial charge in [-0.25, -0.2) is 9.37 Å². The van der Waals surface area contributed by atoms with Gasteiger partial charge in [0, 0.05) is 22.7 Å². The highest BCUT2D eigenvalue weighted by Gasteiger charge is 2.35. The first-order valence-electron chi connectivity index (χ1n) is 5.85. The van der Waals surface area contributed by atoms with Crippen LogP contribution in [0.25, 0.3) is 10.9 Å². The molecule has 0 amide bonds. The van der Waals surface area contributed by atoms with E-state index in [0.717, 1.165) is 6.07 Å². The topological polar surface area (TPSA) is 48.1 Å². The Kier molecular flexibility index (Phi) is 3.45. The Labute approximate surface area is 112 Å². The lowest BCUT2D eigenvalue weighted by Crippen LogP contribution is -2.12. The number of alkyl halides is 3. The number of aromatic nitrogens is 1. The molecule has 0 saturated heterocycles. The predicted molar refractivity (Wildman–Crippen MR) is 67.0 cm³/mol. The van der Waals surface area contributed by atoms with E-state index in [9.17, 15) is 17.6 Å². The third-order valence-corrected chi connectivity index (χ3v) is 2.90. The monoisotopic (exact) mass is 288 g/mol. The van der Waals surface area contributed by atoms with Gasteiger partial charge in [0.15, 0.2) is 11.6 Å². The van der Waals surface area contributed by atoms with Crippen LogP contribution < -0.4 is 10.5 Å². The Morgan fingerprint density at radius 1 is 1.30 bits per heavy atom. The zero-order valence-electron chi connectivity index (χ0n) is 10.8. The van der Waals surface area contributed by atoms with Crippen LogP contribution in [0.3, 0.4) is 0 Å². The lowest BCUT2D eigenvalue weighted by molar-refractivity contribution is -0.141. The van der Waals surface area contributed by atoms with Crippen molar-refractivity contribution in [2.75, 3.05) is 12.3 Å². The predicted octanol–water partition coefficient (Wildman–Crippen LogP) is 3.68. The highest BCUT2D eigenvalue weighted by Crippen LogP contribution is 2.37. The molecule has 0 atom stereocenters. The van der Waals surface area contributed by atoms with E-state index in [0.29, 0.717) is 0 Å². The van der Waals surface area contributed by atoms with Crippen LogP contribution in [0.15, 0.2) is 12.1 Å². The first kappa shape index (κ1) is 14.4. The number of hydrogen-bond donors (Lipinski definition) is 1. The molecule has 2 aromatic rings. The fourth-order valence-electron chi connectivity index (χ4n) is 1.93. The van der Waals surface area contributed by atoms with Gasteiger partial charge in [0.1, 0.15) is 5.69 Å². The standard InChI is InChI=1S/C13H12F4N2O/c1-3-20-10-4-7-9(5-8(10)14)19-12(13(15,16)17)6(2)11(7)18/h4-5H,3H2,1-2H3,(H2,18,19). The molecule has 1 aromatic carbocycles. The first-order chi connectivity index (χ1) is 9.25. The van der Waals surface area contributed by atoms with Crippen LogP contribution in [0.5, 0.6) is 5.75 Å². The number of nitrogens with two attached hydrogens (primary N) is 1. The second-order valence-corrected chi connectivity index (χ2v) is 4.23. The van der Waals surface area contributed by atoms with E-state index in [1.807, 2.05) is 0 Å². The summed E-state index contributed by atoms with van der Waals surface area (Å²) in [6, 6.07) is 2.16. The molecule has 7 heteroatoms. The maximum Gasteiger partial charge on any atom is 0.433 e. The number of benzene rings is 1. The van der Waals surface area contributed by atoms with Crippen molar-refractivity contribution >= 4 is 16.6 Å². The summed E-state index contributed by atoms with van der Waals surface area (Å²) < 4.78 is 57.2. The van der Waals surface area contributed by atoms with E-state index in [-0.39, 0.29) is 34.5 Å². The molecule has 1 heterocycles. The fraction of sp³-hybridized carbons (Fsp3) is 0.308. The van der Waals surface area contributed by atoms with E-state index in [4.69, 9.17) is 10.5 Å². The maximum absolute atomic E-state index is 13.7. The number of anilines is 1. The van der Waals surface area contributed by atoms with Gasteiger partial charge in [0.25, 0.3) is 0 Å². The summed E-state index contributed by atoms with van der Waals surface area (Å²) in [5.74, 6) is -0.837. The number of hydrogen-bond acceptors (Lipinski definition) is 3. The van der Waals surface area contributed by atoms with E-state index >= 15 is 0 Å². The SMILES string of the molecule is CCOc1cc2c(N)c(C)c(C(F)(F)F)nc2cc1F. The Morgan fingerprint density at radius 2 is 1.95 bits per heavy atom. The van der Waals surface area contributed by atoms with Gasteiger partial charge in [-0.15, -0.1) is 0 Å². The van der Waals surface area contributed by atoms with Crippen molar-refractivity contribution in [3.63, 3.8) is 0 Å². The highest BCUT2D eigenvalue weighted by molar-refractivity contribution is 5.93. The molecule has 0 aliphatic carbocycles. The minimum Gasteiger partial charge on any atom is -0.491 e. The molecule has 2 rings (SSSR count). The van der Waals surface area contributed by atoms with Crippen LogP contribution in [-0.2, 0) is 6.18 Å². The summed E-state index contributed by atoms with van der Waals surface area (Å²) in [4.78, 5) is 3.47. The molecule has 0 fully saturated rings. The van der Waals surface area contributed by atoms with Crippen LogP contribution in [0.4, 0.5) is 23.2 Å². The number of pyridine rings is 1. The number of nitrogens with zero attached hydrogens (tertiary/aromatic N) is 1. The zero-order chi connectivity index (χ0) is 15.1. The Morgan fingerprint density at radius 3 is 2.50 bits per heavy atom. The van der Waals surface area contributed by atoms with Gasteiger partial charge in [-0.3, -0.25) is 0 Å². The van der Waals surface area contributed by atoms with Crippen molar-refractivity contribution in [1.82, 2.24) is 4.98 Å². The molecule has 0 bridgehead atoms. The molecule has 0 aliphatic rings. The van der Waals surface area contributed by atoms with Crippen molar-refractivity contribution in [2.24, 2.45) is 0 Å². The number of halogens is 4. The molecular formula is C13H12F4N2O. The normalized spacial score (nSPS) is 11.9. The van der Waals surface area contributed by atoms with Crippen LogP contribution in [-0.4, -0.2) is 11.6 Å². The molecule has 0 spiro atoms. The van der Waals surface area contributed by atoms with E-state index < -0.39 is 17.7 Å². The molecular weight excluding hydrogens is 276 g/mol. The second-order valence-electron chi connectivity index (χ2n) is 4.23. The molecule has 1 aromatic heterocycles. The van der Waals surface area contributed by atoms with E-state index in [1.165, 1.54) is 13.0 Å². The molecule has 0 saturated carbocycles. The fourth-order valence-corrected chi connectivity index (χ4v) is 1.93. The number of nitrogen functional groups attached to an aromatic ring is 1. The van der Waals surface area contributed by atoms with Gasteiger partial charge >= 0.3 is 6.18 Å². The van der Waals surface area contributed by atoms with E-state index in [2.05, 4.69) is 4.98 Å². The first-order valence-corrected chi connectivity index (χ1v) is 5.85. The van der Waals surface area contributed by atoms with Gasteiger partial charge in [-0.1, -0.05) is 0 Å². The molecule has 2 N–H and O–H groups in total. The molecule has 0 unspecified atom stereocenters. The zero-order valence-corrected chi connectivity index (χ0v) is 10.8. The van der Waals surface area contributed by atoms with Gasteiger partial charge < -0.3 is 10.5 Å². The molecule has 20 heavy (non-hydrogen) atoms. The van der Waals surface area contributed by atoms with E-state index in [1.54, 1.807) is 6.92 Å². The third kappa shape index (κ3) is 2.35. The van der Waals surface area contributed by atoms with Crippen LogP contribution in [0.2, 0.25) is 0 Å². The summed E-state index contributed by atoms with van der Waals surface area (Å²) in [5, 5.41) is 0.236. The van der Waals surface area contributed by atoms with Crippen molar-refractivity contribution < 1.29 is 22.3 Å². The third-order valence-electron chi connectivity index (χ3n) is 2.90. The average molecular weight is 288 g/mol. The Bertz CT molecular complexity index is 668. The maximum atomic E-state index is 13.7. The molecule has 0 aliphatic heterocycles. The van der Waals surface area contributed by atoms with Gasteiger partial charge in [0.2, 0.25) is 0 Å². The highest BCUT2D eigenvalue weighted by atomic mass is 19.4. The molecule has 3 nitrogen and oxygen atoms in total. The Balaban J connectivity index is 2.77. The van der Waals surface area contributed by atoms with Crippen molar-refractivity contribution in [1.29, 1.82) is 0 Å². The minimum absolute atomic E-state index is 0.0624.